The van der Waals surface area contributed by atoms with E-state index in [1.165, 1.54) is 25.3 Å². The molecule has 0 spiro atoms. The Labute approximate surface area is 192 Å². The van der Waals surface area contributed by atoms with Gasteiger partial charge in [-0.25, -0.2) is 8.42 Å². The number of nitrogens with zero attached hydrogens (tertiary/aromatic N) is 1. The van der Waals surface area contributed by atoms with E-state index in [9.17, 15) is 13.2 Å². The number of hydrogen-bond donors (Lipinski definition) is 1. The third-order valence-corrected chi connectivity index (χ3v) is 6.51. The summed E-state index contributed by atoms with van der Waals surface area (Å²) in [5.74, 6) is 0.413. The molecule has 0 bridgehead atoms. The second-order valence-corrected chi connectivity index (χ2v) is 8.94. The molecule has 3 aromatic rings. The lowest BCUT2D eigenvalue weighted by molar-refractivity contribution is -0.114. The highest BCUT2D eigenvalue weighted by Gasteiger charge is 2.27. The van der Waals surface area contributed by atoms with Crippen LogP contribution in [-0.4, -0.2) is 34.6 Å². The van der Waals surface area contributed by atoms with Crippen LogP contribution in [0.2, 0.25) is 5.02 Å². The van der Waals surface area contributed by atoms with Crippen molar-refractivity contribution < 1.29 is 22.7 Å². The molecule has 0 aliphatic rings. The number of carbonyl (C=O) groups is 1. The summed E-state index contributed by atoms with van der Waals surface area (Å²) < 4.78 is 38.5. The first-order valence-corrected chi connectivity index (χ1v) is 11.6. The van der Waals surface area contributed by atoms with Crippen molar-refractivity contribution in [1.29, 1.82) is 0 Å². The van der Waals surface area contributed by atoms with Gasteiger partial charge < -0.3 is 14.8 Å². The zero-order chi connectivity index (χ0) is 23.1. The van der Waals surface area contributed by atoms with Gasteiger partial charge in [0.25, 0.3) is 10.0 Å². The normalized spacial score (nSPS) is 11.0. The molecular formula is C23H23ClN2O5S. The second-order valence-electron chi connectivity index (χ2n) is 6.64. The van der Waals surface area contributed by atoms with Gasteiger partial charge in [-0.05, 0) is 61.5 Å². The maximum atomic E-state index is 13.4. The average Bonchev–Trinajstić information content (AvgIpc) is 2.79. The Hall–Kier alpha value is -3.23. The number of ether oxygens (including phenoxy) is 2. The molecule has 3 rings (SSSR count). The number of anilines is 2. The number of carbonyl (C=O) groups excluding carboxylic acids is 1. The number of nitrogens with one attached hydrogen (secondary N) is 1. The van der Waals surface area contributed by atoms with Crippen molar-refractivity contribution in [2.24, 2.45) is 0 Å². The van der Waals surface area contributed by atoms with Gasteiger partial charge in [-0.15, -0.1) is 0 Å². The first-order valence-electron chi connectivity index (χ1n) is 9.79. The Morgan fingerprint density at radius 1 is 1.03 bits per heavy atom. The molecule has 0 aliphatic carbocycles. The standard InChI is InChI=1S/C23H23ClN2O5S/c1-3-31-19-10-12-20(13-11-19)32(28,29)26(18-7-5-4-6-8-18)16-23(27)25-21-15-17(24)9-14-22(21)30-2/h4-15H,3,16H2,1-2H3,(H,25,27). The van der Waals surface area contributed by atoms with Gasteiger partial charge in [-0.3, -0.25) is 9.10 Å². The van der Waals surface area contributed by atoms with Crippen LogP contribution < -0.4 is 19.1 Å². The molecule has 0 heterocycles. The Morgan fingerprint density at radius 2 is 1.72 bits per heavy atom. The maximum Gasteiger partial charge on any atom is 0.264 e. The van der Waals surface area contributed by atoms with E-state index >= 15 is 0 Å². The lowest BCUT2D eigenvalue weighted by Gasteiger charge is -2.24. The predicted octanol–water partition coefficient (Wildman–Crippen LogP) is 4.58. The van der Waals surface area contributed by atoms with E-state index in [0.29, 0.717) is 34.5 Å². The smallest absolute Gasteiger partial charge is 0.264 e. The fourth-order valence-electron chi connectivity index (χ4n) is 3.01. The molecule has 1 N–H and O–H groups in total. The first kappa shape index (κ1) is 23.4. The third kappa shape index (κ3) is 5.52. The van der Waals surface area contributed by atoms with Gasteiger partial charge in [0.05, 0.1) is 30.0 Å². The lowest BCUT2D eigenvalue weighted by Crippen LogP contribution is -2.38. The van der Waals surface area contributed by atoms with Crippen LogP contribution in [0.15, 0.2) is 77.7 Å². The summed E-state index contributed by atoms with van der Waals surface area (Å²) in [4.78, 5) is 12.9. The molecule has 0 atom stereocenters. The molecule has 0 fully saturated rings. The number of amides is 1. The monoisotopic (exact) mass is 474 g/mol. The number of halogens is 1. The number of benzene rings is 3. The van der Waals surface area contributed by atoms with Crippen molar-refractivity contribution in [3.05, 3.63) is 77.8 Å². The summed E-state index contributed by atoms with van der Waals surface area (Å²) in [6.45, 7) is 1.86. The van der Waals surface area contributed by atoms with E-state index in [-0.39, 0.29) is 4.90 Å². The van der Waals surface area contributed by atoms with Crippen LogP contribution >= 0.6 is 11.6 Å². The summed E-state index contributed by atoms with van der Waals surface area (Å²) in [7, 11) is -2.57. The molecule has 3 aromatic carbocycles. The fraction of sp³-hybridized carbons (Fsp3) is 0.174. The Morgan fingerprint density at radius 3 is 2.34 bits per heavy atom. The topological polar surface area (TPSA) is 84.9 Å². The quantitative estimate of drug-likeness (QED) is 0.490. The molecule has 32 heavy (non-hydrogen) atoms. The molecular weight excluding hydrogens is 452 g/mol. The van der Waals surface area contributed by atoms with Crippen LogP contribution in [0.1, 0.15) is 6.92 Å². The van der Waals surface area contributed by atoms with Gasteiger partial charge >= 0.3 is 0 Å². The van der Waals surface area contributed by atoms with Gasteiger partial charge in [0.15, 0.2) is 0 Å². The Balaban J connectivity index is 1.91. The molecule has 0 unspecified atom stereocenters. The van der Waals surface area contributed by atoms with Crippen LogP contribution in [-0.2, 0) is 14.8 Å². The highest BCUT2D eigenvalue weighted by molar-refractivity contribution is 7.92. The molecule has 0 aromatic heterocycles. The minimum absolute atomic E-state index is 0.0398. The van der Waals surface area contributed by atoms with Crippen molar-refractivity contribution in [3.8, 4) is 11.5 Å². The van der Waals surface area contributed by atoms with E-state index in [1.54, 1.807) is 54.6 Å². The number of methoxy groups -OCH3 is 1. The van der Waals surface area contributed by atoms with Crippen molar-refractivity contribution in [2.75, 3.05) is 29.9 Å². The van der Waals surface area contributed by atoms with Crippen molar-refractivity contribution in [2.45, 2.75) is 11.8 Å². The van der Waals surface area contributed by atoms with Gasteiger partial charge in [-0.1, -0.05) is 29.8 Å². The van der Waals surface area contributed by atoms with Gasteiger partial charge in [0, 0.05) is 5.02 Å². The molecule has 1 amide bonds. The lowest BCUT2D eigenvalue weighted by atomic mass is 10.3. The van der Waals surface area contributed by atoms with E-state index < -0.39 is 22.5 Å². The zero-order valence-corrected chi connectivity index (χ0v) is 19.2. The fourth-order valence-corrected chi connectivity index (χ4v) is 4.60. The Kier molecular flexibility index (Phi) is 7.61. The molecule has 0 saturated carbocycles. The number of rotatable bonds is 9. The van der Waals surface area contributed by atoms with Crippen LogP contribution in [0.25, 0.3) is 0 Å². The molecule has 0 aliphatic heterocycles. The van der Waals surface area contributed by atoms with Gasteiger partial charge in [0.2, 0.25) is 5.91 Å². The molecule has 0 saturated heterocycles. The molecule has 7 nitrogen and oxygen atoms in total. The summed E-state index contributed by atoms with van der Waals surface area (Å²) in [5, 5.41) is 3.08. The minimum atomic E-state index is -4.04. The molecule has 9 heteroatoms. The largest absolute Gasteiger partial charge is 0.495 e. The second kappa shape index (κ2) is 10.4. The summed E-state index contributed by atoms with van der Waals surface area (Å²) in [5.41, 5.74) is 0.700. The Bertz CT molecular complexity index is 1170. The van der Waals surface area contributed by atoms with E-state index in [2.05, 4.69) is 5.32 Å². The van der Waals surface area contributed by atoms with E-state index in [1.807, 2.05) is 6.92 Å². The number of sulfonamides is 1. The third-order valence-electron chi connectivity index (χ3n) is 4.49. The highest BCUT2D eigenvalue weighted by atomic mass is 35.5. The first-order chi connectivity index (χ1) is 15.3. The van der Waals surface area contributed by atoms with Crippen molar-refractivity contribution in [1.82, 2.24) is 0 Å². The van der Waals surface area contributed by atoms with Crippen molar-refractivity contribution >= 4 is 38.9 Å². The van der Waals surface area contributed by atoms with Crippen molar-refractivity contribution in [3.63, 3.8) is 0 Å². The molecule has 168 valence electrons. The van der Waals surface area contributed by atoms with Crippen LogP contribution in [0, 0.1) is 0 Å². The predicted molar refractivity (Wildman–Crippen MR) is 125 cm³/mol. The van der Waals surface area contributed by atoms with Crippen LogP contribution in [0.3, 0.4) is 0 Å². The number of para-hydroxylation sites is 1. The SMILES string of the molecule is CCOc1ccc(S(=O)(=O)N(CC(=O)Nc2cc(Cl)ccc2OC)c2ccccc2)cc1. The number of hydrogen-bond acceptors (Lipinski definition) is 5. The van der Waals surface area contributed by atoms with E-state index in [4.69, 9.17) is 21.1 Å². The minimum Gasteiger partial charge on any atom is -0.495 e. The highest BCUT2D eigenvalue weighted by Crippen LogP contribution is 2.29. The summed E-state index contributed by atoms with van der Waals surface area (Å²) >= 11 is 6.02. The van der Waals surface area contributed by atoms with Gasteiger partial charge in [-0.2, -0.15) is 0 Å². The molecule has 0 radical (unpaired) electrons. The zero-order valence-electron chi connectivity index (χ0n) is 17.6. The van der Waals surface area contributed by atoms with Crippen LogP contribution in [0.5, 0.6) is 11.5 Å². The average molecular weight is 475 g/mol. The summed E-state index contributed by atoms with van der Waals surface area (Å²) in [6, 6.07) is 19.3. The summed E-state index contributed by atoms with van der Waals surface area (Å²) in [6.07, 6.45) is 0. The van der Waals surface area contributed by atoms with Gasteiger partial charge in [0.1, 0.15) is 18.0 Å². The van der Waals surface area contributed by atoms with E-state index in [0.717, 1.165) is 4.31 Å². The van der Waals surface area contributed by atoms with Crippen LogP contribution in [0.4, 0.5) is 11.4 Å². The maximum absolute atomic E-state index is 13.4.